The van der Waals surface area contributed by atoms with Gasteiger partial charge in [0.15, 0.2) is 11.5 Å². The second-order valence-corrected chi connectivity index (χ2v) is 7.08. The summed E-state index contributed by atoms with van der Waals surface area (Å²) in [6.45, 7) is 0. The van der Waals surface area contributed by atoms with E-state index >= 15 is 0 Å². The average molecular weight is 396 g/mol. The zero-order chi connectivity index (χ0) is 19.7. The molecule has 0 unspecified atom stereocenters. The molecule has 0 spiro atoms. The van der Waals surface area contributed by atoms with Gasteiger partial charge in [-0.15, -0.1) is 5.10 Å². The molecule has 9 heteroatoms. The lowest BCUT2D eigenvalue weighted by Gasteiger charge is -2.22. The van der Waals surface area contributed by atoms with Gasteiger partial charge in [0, 0.05) is 5.75 Å². The second-order valence-electron chi connectivity index (χ2n) is 6.14. The molecule has 1 aromatic heterocycles. The Morgan fingerprint density at radius 3 is 2.64 bits per heavy atom. The van der Waals surface area contributed by atoms with Crippen molar-refractivity contribution in [2.24, 2.45) is 0 Å². The lowest BCUT2D eigenvalue weighted by Crippen LogP contribution is -2.24. The van der Waals surface area contributed by atoms with Crippen LogP contribution >= 0.6 is 11.8 Å². The van der Waals surface area contributed by atoms with E-state index in [9.17, 15) is 20.1 Å². The van der Waals surface area contributed by atoms with Crippen molar-refractivity contribution in [2.75, 3.05) is 5.32 Å². The maximum Gasteiger partial charge on any atom is 0.352 e. The molecule has 1 atom stereocenters. The van der Waals surface area contributed by atoms with Gasteiger partial charge in [0.05, 0.1) is 0 Å². The van der Waals surface area contributed by atoms with Crippen LogP contribution in [0.2, 0.25) is 0 Å². The first-order chi connectivity index (χ1) is 13.5. The van der Waals surface area contributed by atoms with Gasteiger partial charge in [-0.2, -0.15) is 4.98 Å². The van der Waals surface area contributed by atoms with E-state index < -0.39 is 12.0 Å². The third kappa shape index (κ3) is 3.52. The van der Waals surface area contributed by atoms with Gasteiger partial charge in [-0.05, 0) is 29.3 Å². The summed E-state index contributed by atoms with van der Waals surface area (Å²) < 4.78 is 1.56. The number of carbonyl (C=O) groups is 1. The van der Waals surface area contributed by atoms with Gasteiger partial charge in [-0.25, -0.2) is 9.48 Å². The van der Waals surface area contributed by atoms with Gasteiger partial charge in [-0.1, -0.05) is 48.2 Å². The number of carboxylic acid groups (broad SMARTS) is 1. The number of rotatable bonds is 5. The number of nitrogens with one attached hydrogen (secondary N) is 1. The number of hydrogen-bond acceptors (Lipinski definition) is 7. The maximum absolute atomic E-state index is 11.5. The molecule has 4 rings (SSSR count). The van der Waals surface area contributed by atoms with Crippen LogP contribution in [0.5, 0.6) is 11.5 Å². The largest absolute Gasteiger partial charge is 0.504 e. The van der Waals surface area contributed by atoms with Crippen molar-refractivity contribution in [1.82, 2.24) is 14.8 Å². The number of phenols is 2. The van der Waals surface area contributed by atoms with Crippen LogP contribution in [0.3, 0.4) is 0 Å². The molecule has 0 fully saturated rings. The Kier molecular flexibility index (Phi) is 4.66. The summed E-state index contributed by atoms with van der Waals surface area (Å²) in [6.07, 6.45) is 1.49. The minimum Gasteiger partial charge on any atom is -0.504 e. The number of carboxylic acids is 1. The fraction of sp³-hybridized carbons (Fsp3) is 0.105. The van der Waals surface area contributed by atoms with E-state index in [2.05, 4.69) is 15.4 Å². The van der Waals surface area contributed by atoms with Crippen molar-refractivity contribution in [2.45, 2.75) is 17.0 Å². The third-order valence-corrected chi connectivity index (χ3v) is 5.14. The molecule has 142 valence electrons. The Morgan fingerprint density at radius 1 is 1.14 bits per heavy atom. The molecular weight excluding hydrogens is 380 g/mol. The van der Waals surface area contributed by atoms with E-state index in [0.29, 0.717) is 22.4 Å². The number of aromatic hydroxyl groups is 2. The van der Waals surface area contributed by atoms with E-state index in [0.717, 1.165) is 5.56 Å². The van der Waals surface area contributed by atoms with Crippen molar-refractivity contribution in [1.29, 1.82) is 0 Å². The minimum atomic E-state index is -1.12. The van der Waals surface area contributed by atoms with Crippen LogP contribution in [0.15, 0.2) is 65.5 Å². The van der Waals surface area contributed by atoms with Crippen LogP contribution in [0.4, 0.5) is 5.95 Å². The Balaban J connectivity index is 1.66. The highest BCUT2D eigenvalue weighted by Gasteiger charge is 2.27. The number of allylic oxidation sites excluding steroid dienone is 1. The van der Waals surface area contributed by atoms with Crippen LogP contribution in [-0.2, 0) is 10.5 Å². The molecule has 4 N–H and O–H groups in total. The first-order valence-corrected chi connectivity index (χ1v) is 9.37. The smallest absolute Gasteiger partial charge is 0.352 e. The lowest BCUT2D eigenvalue weighted by molar-refractivity contribution is -0.132. The standard InChI is InChI=1S/C19H16N4O4S/c24-15-7-6-12(8-16(15)25)14-9-13(17(26)27)20-18-21-19(22-23(14)18)28-10-11-4-2-1-3-5-11/h1-9,14,24-25H,10H2,(H,26,27)(H,20,21,22)/t14-/m1/s1. The van der Waals surface area contributed by atoms with Crippen LogP contribution in [0.25, 0.3) is 0 Å². The highest BCUT2D eigenvalue weighted by atomic mass is 32.2. The molecule has 2 aromatic carbocycles. The molecule has 1 aliphatic rings. The van der Waals surface area contributed by atoms with Crippen LogP contribution in [0, 0.1) is 0 Å². The van der Waals surface area contributed by atoms with Crippen molar-refractivity contribution >= 4 is 23.7 Å². The topological polar surface area (TPSA) is 120 Å². The number of hydrogen-bond donors (Lipinski definition) is 4. The van der Waals surface area contributed by atoms with Crippen LogP contribution < -0.4 is 5.32 Å². The summed E-state index contributed by atoms with van der Waals surface area (Å²) in [4.78, 5) is 15.9. The molecule has 28 heavy (non-hydrogen) atoms. The highest BCUT2D eigenvalue weighted by Crippen LogP contribution is 2.35. The van der Waals surface area contributed by atoms with E-state index in [1.54, 1.807) is 10.7 Å². The van der Waals surface area contributed by atoms with Crippen molar-refractivity contribution in [3.63, 3.8) is 0 Å². The van der Waals surface area contributed by atoms with Gasteiger partial charge in [0.1, 0.15) is 11.7 Å². The maximum atomic E-state index is 11.5. The predicted molar refractivity (Wildman–Crippen MR) is 103 cm³/mol. The number of benzene rings is 2. The van der Waals surface area contributed by atoms with E-state index in [4.69, 9.17) is 0 Å². The number of thioether (sulfide) groups is 1. The molecule has 1 aliphatic heterocycles. The van der Waals surface area contributed by atoms with Crippen molar-refractivity contribution < 1.29 is 20.1 Å². The highest BCUT2D eigenvalue weighted by molar-refractivity contribution is 7.98. The summed E-state index contributed by atoms with van der Waals surface area (Å²) >= 11 is 1.44. The molecule has 0 saturated heterocycles. The lowest BCUT2D eigenvalue weighted by atomic mass is 10.0. The normalized spacial score (nSPS) is 15.4. The van der Waals surface area contributed by atoms with Gasteiger partial charge >= 0.3 is 5.97 Å². The summed E-state index contributed by atoms with van der Waals surface area (Å²) in [5, 5.41) is 36.5. The zero-order valence-corrected chi connectivity index (χ0v) is 15.3. The van der Waals surface area contributed by atoms with Gasteiger partial charge < -0.3 is 20.6 Å². The summed E-state index contributed by atoms with van der Waals surface area (Å²) in [5.74, 6) is -0.692. The molecule has 0 radical (unpaired) electrons. The number of aromatic nitrogens is 3. The van der Waals surface area contributed by atoms with E-state index in [1.807, 2.05) is 30.3 Å². The quantitative estimate of drug-likeness (QED) is 0.384. The van der Waals surface area contributed by atoms with Gasteiger partial charge in [0.25, 0.3) is 0 Å². The number of anilines is 1. The first kappa shape index (κ1) is 17.9. The fourth-order valence-electron chi connectivity index (χ4n) is 2.84. The number of fused-ring (bicyclic) bond motifs is 1. The molecule has 8 nitrogen and oxygen atoms in total. The molecular formula is C19H16N4O4S. The predicted octanol–water partition coefficient (Wildman–Crippen LogP) is 2.97. The summed E-state index contributed by atoms with van der Waals surface area (Å²) in [6, 6.07) is 13.6. The van der Waals surface area contributed by atoms with Crippen molar-refractivity contribution in [3.8, 4) is 11.5 Å². The Morgan fingerprint density at radius 2 is 1.93 bits per heavy atom. The average Bonchev–Trinajstić information content (AvgIpc) is 3.11. The van der Waals surface area contributed by atoms with Gasteiger partial charge in [0.2, 0.25) is 11.1 Å². The molecule has 0 aliphatic carbocycles. The number of aliphatic carboxylic acids is 1. The molecule has 0 amide bonds. The monoisotopic (exact) mass is 396 g/mol. The van der Waals surface area contributed by atoms with Gasteiger partial charge in [-0.3, -0.25) is 0 Å². The second kappa shape index (κ2) is 7.28. The number of nitrogens with zero attached hydrogens (tertiary/aromatic N) is 3. The Hall–Kier alpha value is -3.46. The molecule has 0 bridgehead atoms. The molecule has 3 aromatic rings. The van der Waals surface area contributed by atoms with E-state index in [-0.39, 0.29) is 17.2 Å². The molecule has 0 saturated carbocycles. The fourth-order valence-corrected chi connectivity index (χ4v) is 3.63. The van der Waals surface area contributed by atoms with Crippen LogP contribution in [-0.4, -0.2) is 36.1 Å². The summed E-state index contributed by atoms with van der Waals surface area (Å²) in [5.41, 5.74) is 1.66. The minimum absolute atomic E-state index is 0.0305. The third-order valence-electron chi connectivity index (χ3n) is 4.23. The SMILES string of the molecule is O=C(O)C1=C[C@H](c2ccc(O)c(O)c2)n2nc(SCc3ccccc3)nc2N1. The summed E-state index contributed by atoms with van der Waals surface area (Å²) in [7, 11) is 0. The first-order valence-electron chi connectivity index (χ1n) is 8.38. The Bertz CT molecular complexity index is 1070. The number of phenolic OH excluding ortho intramolecular Hbond substituents is 2. The zero-order valence-electron chi connectivity index (χ0n) is 14.5. The molecule has 2 heterocycles. The Labute approximate surface area is 164 Å². The van der Waals surface area contributed by atoms with Crippen molar-refractivity contribution in [3.05, 3.63) is 71.4 Å². The van der Waals surface area contributed by atoms with Crippen LogP contribution in [0.1, 0.15) is 17.2 Å². The van der Waals surface area contributed by atoms with E-state index in [1.165, 1.54) is 30.0 Å².